The Morgan fingerprint density at radius 3 is 2.65 bits per heavy atom. The molecule has 3 aromatic rings. The number of nitrogens with one attached hydrogen (secondary N) is 1. The third-order valence-electron chi connectivity index (χ3n) is 4.02. The van der Waals surface area contributed by atoms with E-state index in [0.717, 1.165) is 16.7 Å². The smallest absolute Gasteiger partial charge is 0.266 e. The summed E-state index contributed by atoms with van der Waals surface area (Å²) < 4.78 is 10.4. The average Bonchev–Trinajstić information content (AvgIpc) is 3.07. The number of aryl methyl sites for hydroxylation is 2. The Morgan fingerprint density at radius 1 is 1.15 bits per heavy atom. The van der Waals surface area contributed by atoms with Crippen molar-refractivity contribution in [2.45, 2.75) is 26.9 Å². The van der Waals surface area contributed by atoms with E-state index in [-0.39, 0.29) is 11.7 Å². The molecule has 7 heteroatoms. The number of anilines is 1. The third kappa shape index (κ3) is 3.86. The Labute approximate surface area is 156 Å². The fraction of sp³-hybridized carbons (Fsp3) is 0.211. The summed E-state index contributed by atoms with van der Waals surface area (Å²) in [5.74, 6) is 0.294. The molecule has 1 heterocycles. The summed E-state index contributed by atoms with van der Waals surface area (Å²) in [6.07, 6.45) is -0.779. The molecule has 1 atom stereocenters. The van der Waals surface area contributed by atoms with Gasteiger partial charge in [0.2, 0.25) is 5.82 Å². The molecule has 6 nitrogen and oxygen atoms in total. The molecule has 1 aromatic heterocycles. The van der Waals surface area contributed by atoms with Gasteiger partial charge in [-0.1, -0.05) is 35.9 Å². The van der Waals surface area contributed by atoms with E-state index in [1.807, 2.05) is 32.0 Å². The highest BCUT2D eigenvalue weighted by Gasteiger charge is 2.21. The Morgan fingerprint density at radius 2 is 1.92 bits per heavy atom. The first kappa shape index (κ1) is 17.9. The van der Waals surface area contributed by atoms with Crippen LogP contribution in [0.4, 0.5) is 5.82 Å². The van der Waals surface area contributed by atoms with Crippen LogP contribution in [0, 0.1) is 13.8 Å². The molecule has 1 N–H and O–H groups in total. The first-order valence-corrected chi connectivity index (χ1v) is 8.45. The van der Waals surface area contributed by atoms with Crippen LogP contribution in [0.15, 0.2) is 47.1 Å². The largest absolute Gasteiger partial charge is 0.479 e. The predicted octanol–water partition coefficient (Wildman–Crippen LogP) is 4.41. The lowest BCUT2D eigenvalue weighted by Gasteiger charge is -2.14. The van der Waals surface area contributed by atoms with Crippen molar-refractivity contribution in [2.24, 2.45) is 0 Å². The van der Waals surface area contributed by atoms with E-state index < -0.39 is 6.10 Å². The second-order valence-electron chi connectivity index (χ2n) is 5.94. The van der Waals surface area contributed by atoms with Crippen LogP contribution in [0.1, 0.15) is 18.1 Å². The number of amides is 1. The van der Waals surface area contributed by atoms with Gasteiger partial charge >= 0.3 is 0 Å². The van der Waals surface area contributed by atoms with Crippen LogP contribution >= 0.6 is 11.6 Å². The SMILES string of the molecule is Cc1ccc(-c2nonc2NC(=O)[C@H](C)Oc2ccccc2Cl)cc1C. The van der Waals surface area contributed by atoms with E-state index in [9.17, 15) is 4.79 Å². The average molecular weight is 372 g/mol. The Bertz CT molecular complexity index is 939. The second-order valence-corrected chi connectivity index (χ2v) is 6.35. The number of carbonyl (C=O) groups excluding carboxylic acids is 1. The molecule has 0 unspecified atom stereocenters. The standard InChI is InChI=1S/C19H18ClN3O3/c1-11-8-9-14(10-12(11)2)17-18(23-26-22-17)21-19(24)13(3)25-16-7-5-4-6-15(16)20/h4-10,13H,1-3H3,(H,21,23,24)/t13-/m0/s1. The van der Waals surface area contributed by atoms with Gasteiger partial charge in [-0.15, -0.1) is 0 Å². The number of halogens is 1. The molecule has 0 saturated carbocycles. The highest BCUT2D eigenvalue weighted by atomic mass is 35.5. The quantitative estimate of drug-likeness (QED) is 0.718. The van der Waals surface area contributed by atoms with E-state index in [4.69, 9.17) is 21.0 Å². The summed E-state index contributed by atoms with van der Waals surface area (Å²) in [4.78, 5) is 12.4. The highest BCUT2D eigenvalue weighted by Crippen LogP contribution is 2.27. The number of hydrogen-bond donors (Lipinski definition) is 1. The normalized spacial score (nSPS) is 11.8. The summed E-state index contributed by atoms with van der Waals surface area (Å²) in [5, 5.41) is 10.8. The Balaban J connectivity index is 1.75. The molecule has 0 bridgehead atoms. The molecule has 2 aromatic carbocycles. The zero-order chi connectivity index (χ0) is 18.7. The number of rotatable bonds is 5. The van der Waals surface area contributed by atoms with Crippen LogP contribution in [0.2, 0.25) is 5.02 Å². The fourth-order valence-electron chi connectivity index (χ4n) is 2.35. The molecule has 26 heavy (non-hydrogen) atoms. The van der Waals surface area contributed by atoms with Crippen molar-refractivity contribution in [2.75, 3.05) is 5.32 Å². The minimum atomic E-state index is -0.779. The van der Waals surface area contributed by atoms with E-state index in [1.165, 1.54) is 0 Å². The third-order valence-corrected chi connectivity index (χ3v) is 4.33. The topological polar surface area (TPSA) is 77.3 Å². The van der Waals surface area contributed by atoms with Gasteiger partial charge in [-0.05, 0) is 60.4 Å². The number of aromatic nitrogens is 2. The van der Waals surface area contributed by atoms with Crippen molar-refractivity contribution in [1.82, 2.24) is 10.3 Å². The molecule has 1 amide bonds. The van der Waals surface area contributed by atoms with Crippen molar-refractivity contribution in [3.63, 3.8) is 0 Å². The summed E-state index contributed by atoms with van der Waals surface area (Å²) in [5.41, 5.74) is 3.55. The van der Waals surface area contributed by atoms with Gasteiger partial charge in [0.05, 0.1) is 5.02 Å². The fourth-order valence-corrected chi connectivity index (χ4v) is 2.53. The summed E-state index contributed by atoms with van der Waals surface area (Å²) in [7, 11) is 0. The summed E-state index contributed by atoms with van der Waals surface area (Å²) >= 11 is 6.05. The number of benzene rings is 2. The molecule has 134 valence electrons. The molecule has 0 fully saturated rings. The van der Waals surface area contributed by atoms with Crippen molar-refractivity contribution in [3.8, 4) is 17.0 Å². The van der Waals surface area contributed by atoms with Gasteiger partial charge in [0.1, 0.15) is 5.75 Å². The number of carbonyl (C=O) groups is 1. The molecule has 0 radical (unpaired) electrons. The van der Waals surface area contributed by atoms with Gasteiger partial charge < -0.3 is 10.1 Å². The highest BCUT2D eigenvalue weighted by molar-refractivity contribution is 6.32. The zero-order valence-corrected chi connectivity index (χ0v) is 15.4. The first-order chi connectivity index (χ1) is 12.5. The maximum absolute atomic E-state index is 12.4. The van der Waals surface area contributed by atoms with Gasteiger partial charge in [-0.3, -0.25) is 4.79 Å². The number of nitrogens with zero attached hydrogens (tertiary/aromatic N) is 2. The number of para-hydroxylation sites is 1. The molecule has 0 saturated heterocycles. The maximum Gasteiger partial charge on any atom is 0.266 e. The van der Waals surface area contributed by atoms with Gasteiger partial charge in [0, 0.05) is 5.56 Å². The number of hydrogen-bond acceptors (Lipinski definition) is 5. The lowest BCUT2D eigenvalue weighted by atomic mass is 10.0. The van der Waals surface area contributed by atoms with Crippen molar-refractivity contribution >= 4 is 23.3 Å². The van der Waals surface area contributed by atoms with Gasteiger partial charge in [-0.25, -0.2) is 4.63 Å². The van der Waals surface area contributed by atoms with Gasteiger partial charge in [0.15, 0.2) is 11.8 Å². The molecule has 0 aliphatic rings. The first-order valence-electron chi connectivity index (χ1n) is 8.08. The Kier molecular flexibility index (Phi) is 5.23. The van der Waals surface area contributed by atoms with Crippen LogP contribution in [-0.4, -0.2) is 22.3 Å². The zero-order valence-electron chi connectivity index (χ0n) is 14.6. The predicted molar refractivity (Wildman–Crippen MR) is 99.4 cm³/mol. The molecule has 0 aliphatic carbocycles. The van der Waals surface area contributed by atoms with Crippen molar-refractivity contribution in [3.05, 3.63) is 58.6 Å². The molecule has 0 aliphatic heterocycles. The van der Waals surface area contributed by atoms with E-state index in [1.54, 1.807) is 31.2 Å². The van der Waals surface area contributed by atoms with Crippen LogP contribution in [0.5, 0.6) is 5.75 Å². The van der Waals surface area contributed by atoms with Crippen LogP contribution in [0.25, 0.3) is 11.3 Å². The molecule has 3 rings (SSSR count). The van der Waals surface area contributed by atoms with Crippen molar-refractivity contribution < 1.29 is 14.2 Å². The summed E-state index contributed by atoms with van der Waals surface area (Å²) in [6, 6.07) is 12.8. The molecule has 0 spiro atoms. The van der Waals surface area contributed by atoms with Crippen LogP contribution < -0.4 is 10.1 Å². The monoisotopic (exact) mass is 371 g/mol. The minimum absolute atomic E-state index is 0.243. The van der Waals surface area contributed by atoms with Crippen LogP contribution in [0.3, 0.4) is 0 Å². The summed E-state index contributed by atoms with van der Waals surface area (Å²) in [6.45, 7) is 5.66. The molecular formula is C19H18ClN3O3. The van der Waals surface area contributed by atoms with Gasteiger partial charge in [0.25, 0.3) is 5.91 Å². The van der Waals surface area contributed by atoms with E-state index >= 15 is 0 Å². The van der Waals surface area contributed by atoms with E-state index in [2.05, 4.69) is 15.6 Å². The lowest BCUT2D eigenvalue weighted by molar-refractivity contribution is -0.122. The van der Waals surface area contributed by atoms with Crippen LogP contribution in [-0.2, 0) is 4.79 Å². The van der Waals surface area contributed by atoms with Crippen molar-refractivity contribution in [1.29, 1.82) is 0 Å². The molecular weight excluding hydrogens is 354 g/mol. The van der Waals surface area contributed by atoms with E-state index in [0.29, 0.717) is 16.5 Å². The minimum Gasteiger partial charge on any atom is -0.479 e. The second kappa shape index (κ2) is 7.58. The number of ether oxygens (including phenoxy) is 1. The van der Waals surface area contributed by atoms with Gasteiger partial charge in [-0.2, -0.15) is 0 Å². The maximum atomic E-state index is 12.4. The lowest BCUT2D eigenvalue weighted by Crippen LogP contribution is -2.30. The Hall–Kier alpha value is -2.86.